The third-order valence-corrected chi connectivity index (χ3v) is 3.64. The second kappa shape index (κ2) is 7.55. The predicted octanol–water partition coefficient (Wildman–Crippen LogP) is 5.09. The van der Waals surface area contributed by atoms with Crippen LogP contribution in [0.4, 0.5) is 11.4 Å². The Hall–Kier alpha value is -1.42. The lowest BCUT2D eigenvalue weighted by Crippen LogP contribution is -2.16. The maximum Gasteiger partial charge on any atom is 0.226 e. The number of hydrogen-bond donors (Lipinski definition) is 2. The summed E-state index contributed by atoms with van der Waals surface area (Å²) in [5.41, 5.74) is 1.31. The summed E-state index contributed by atoms with van der Waals surface area (Å²) >= 11 is 17.9. The molecule has 0 saturated heterocycles. The van der Waals surface area contributed by atoms with Crippen LogP contribution in [0.15, 0.2) is 42.5 Å². The zero-order valence-electron chi connectivity index (χ0n) is 11.0. The van der Waals surface area contributed by atoms with Crippen LogP contribution in [-0.2, 0) is 4.79 Å². The Bertz CT molecular complexity index is 647. The first-order valence-corrected chi connectivity index (χ1v) is 7.43. The van der Waals surface area contributed by atoms with Crippen molar-refractivity contribution < 1.29 is 4.79 Å². The van der Waals surface area contributed by atoms with Crippen LogP contribution >= 0.6 is 34.8 Å². The number of carbonyl (C=O) groups excluding carboxylic acids is 1. The van der Waals surface area contributed by atoms with Crippen molar-refractivity contribution in [2.75, 3.05) is 17.2 Å². The quantitative estimate of drug-likeness (QED) is 0.794. The van der Waals surface area contributed by atoms with Crippen molar-refractivity contribution in [1.82, 2.24) is 0 Å². The molecule has 1 amide bonds. The lowest BCUT2D eigenvalue weighted by Gasteiger charge is -2.10. The summed E-state index contributed by atoms with van der Waals surface area (Å²) in [6.07, 6.45) is 0.286. The summed E-state index contributed by atoms with van der Waals surface area (Å²) in [7, 11) is 0. The Labute approximate surface area is 138 Å². The van der Waals surface area contributed by atoms with Crippen LogP contribution < -0.4 is 10.6 Å². The number of amides is 1. The Morgan fingerprint density at radius 2 is 1.67 bits per heavy atom. The van der Waals surface area contributed by atoms with Crippen molar-refractivity contribution in [3.05, 3.63) is 57.5 Å². The summed E-state index contributed by atoms with van der Waals surface area (Å²) in [6.45, 7) is 0.441. The van der Waals surface area contributed by atoms with E-state index in [-0.39, 0.29) is 12.3 Å². The highest BCUT2D eigenvalue weighted by Crippen LogP contribution is 2.25. The van der Waals surface area contributed by atoms with E-state index in [1.807, 2.05) is 6.07 Å². The third kappa shape index (κ3) is 4.81. The van der Waals surface area contributed by atoms with Gasteiger partial charge in [0.15, 0.2) is 0 Å². The second-order valence-corrected chi connectivity index (χ2v) is 5.58. The molecule has 3 nitrogen and oxygen atoms in total. The fraction of sp³-hybridized carbons (Fsp3) is 0.133. The van der Waals surface area contributed by atoms with Gasteiger partial charge in [-0.15, -0.1) is 0 Å². The van der Waals surface area contributed by atoms with Crippen LogP contribution in [0.1, 0.15) is 6.42 Å². The Kier molecular flexibility index (Phi) is 5.74. The van der Waals surface area contributed by atoms with Crippen LogP contribution in [0, 0.1) is 0 Å². The van der Waals surface area contributed by atoms with Crippen LogP contribution in [-0.4, -0.2) is 12.5 Å². The predicted molar refractivity (Wildman–Crippen MR) is 89.7 cm³/mol. The minimum Gasteiger partial charge on any atom is -0.383 e. The van der Waals surface area contributed by atoms with Crippen molar-refractivity contribution >= 4 is 52.1 Å². The van der Waals surface area contributed by atoms with E-state index in [2.05, 4.69) is 10.6 Å². The van der Waals surface area contributed by atoms with E-state index in [9.17, 15) is 4.79 Å². The highest BCUT2D eigenvalue weighted by atomic mass is 35.5. The molecule has 2 rings (SSSR count). The number of benzene rings is 2. The molecule has 6 heteroatoms. The molecule has 0 aromatic heterocycles. The van der Waals surface area contributed by atoms with Crippen LogP contribution in [0.5, 0.6) is 0 Å². The number of para-hydroxylation sites is 1. The molecule has 0 saturated carbocycles. The van der Waals surface area contributed by atoms with E-state index >= 15 is 0 Å². The summed E-state index contributed by atoms with van der Waals surface area (Å²) in [4.78, 5) is 11.8. The molecule has 21 heavy (non-hydrogen) atoms. The molecule has 0 aliphatic carbocycles. The number of anilines is 2. The second-order valence-electron chi connectivity index (χ2n) is 4.33. The highest BCUT2D eigenvalue weighted by Gasteiger charge is 2.06. The monoisotopic (exact) mass is 342 g/mol. The number of rotatable bonds is 5. The maximum atomic E-state index is 11.8. The number of halogens is 3. The molecule has 0 spiro atoms. The fourth-order valence-electron chi connectivity index (χ4n) is 1.72. The smallest absolute Gasteiger partial charge is 0.226 e. The largest absolute Gasteiger partial charge is 0.383 e. The molecule has 0 fully saturated rings. The normalized spacial score (nSPS) is 10.2. The molecule has 2 aromatic rings. The molecular formula is C15H13Cl3N2O. The Morgan fingerprint density at radius 1 is 0.952 bits per heavy atom. The topological polar surface area (TPSA) is 41.1 Å². The van der Waals surface area contributed by atoms with E-state index in [0.29, 0.717) is 33.0 Å². The van der Waals surface area contributed by atoms with Crippen LogP contribution in [0.3, 0.4) is 0 Å². The fourth-order valence-corrected chi connectivity index (χ4v) is 2.26. The molecule has 0 unspecified atom stereocenters. The van der Waals surface area contributed by atoms with E-state index in [1.54, 1.807) is 36.4 Å². The van der Waals surface area contributed by atoms with Crippen LogP contribution in [0.2, 0.25) is 15.1 Å². The lowest BCUT2D eigenvalue weighted by molar-refractivity contribution is -0.115. The van der Waals surface area contributed by atoms with Gasteiger partial charge in [-0.3, -0.25) is 4.79 Å². The Balaban J connectivity index is 1.85. The van der Waals surface area contributed by atoms with Gasteiger partial charge in [-0.1, -0.05) is 46.9 Å². The van der Waals surface area contributed by atoms with Crippen molar-refractivity contribution in [2.24, 2.45) is 0 Å². The molecule has 0 aliphatic rings. The van der Waals surface area contributed by atoms with E-state index in [4.69, 9.17) is 34.8 Å². The van der Waals surface area contributed by atoms with Gasteiger partial charge in [0.1, 0.15) is 0 Å². The van der Waals surface area contributed by atoms with E-state index in [0.717, 1.165) is 0 Å². The zero-order valence-corrected chi connectivity index (χ0v) is 13.3. The van der Waals surface area contributed by atoms with Gasteiger partial charge in [0.2, 0.25) is 5.91 Å². The number of nitrogens with one attached hydrogen (secondary N) is 2. The molecule has 2 N–H and O–H groups in total. The average molecular weight is 344 g/mol. The molecule has 2 aromatic carbocycles. The van der Waals surface area contributed by atoms with Gasteiger partial charge in [0.25, 0.3) is 0 Å². The van der Waals surface area contributed by atoms with Gasteiger partial charge in [-0.05, 0) is 30.3 Å². The van der Waals surface area contributed by atoms with Gasteiger partial charge in [0.05, 0.1) is 21.4 Å². The van der Waals surface area contributed by atoms with Gasteiger partial charge < -0.3 is 10.6 Å². The summed E-state index contributed by atoms with van der Waals surface area (Å²) in [5, 5.41) is 7.48. The minimum atomic E-state index is -0.131. The zero-order chi connectivity index (χ0) is 15.2. The van der Waals surface area contributed by atoms with Crippen molar-refractivity contribution in [3.63, 3.8) is 0 Å². The lowest BCUT2D eigenvalue weighted by atomic mass is 10.3. The van der Waals surface area contributed by atoms with Crippen molar-refractivity contribution in [3.8, 4) is 0 Å². The number of hydrogen-bond acceptors (Lipinski definition) is 2. The minimum absolute atomic E-state index is 0.131. The Morgan fingerprint density at radius 3 is 2.43 bits per heavy atom. The number of carbonyl (C=O) groups is 1. The average Bonchev–Trinajstić information content (AvgIpc) is 2.45. The summed E-state index contributed by atoms with van der Waals surface area (Å²) < 4.78 is 0. The highest BCUT2D eigenvalue weighted by molar-refractivity contribution is 6.35. The molecule has 0 atom stereocenters. The SMILES string of the molecule is O=C(CCNc1cc(Cl)ccc1Cl)Nc1ccccc1Cl. The first-order valence-electron chi connectivity index (χ1n) is 6.29. The molecule has 110 valence electrons. The molecule has 0 heterocycles. The summed E-state index contributed by atoms with van der Waals surface area (Å²) in [6, 6.07) is 12.2. The first-order chi connectivity index (χ1) is 10.1. The maximum absolute atomic E-state index is 11.8. The van der Waals surface area contributed by atoms with Gasteiger partial charge in [0, 0.05) is 18.0 Å². The standard InChI is InChI=1S/C15H13Cl3N2O/c16-10-5-6-12(18)14(9-10)19-8-7-15(21)20-13-4-2-1-3-11(13)17/h1-6,9,19H,7-8H2,(H,20,21). The van der Waals surface area contributed by atoms with E-state index in [1.165, 1.54) is 0 Å². The molecule has 0 aliphatic heterocycles. The van der Waals surface area contributed by atoms with Crippen LogP contribution in [0.25, 0.3) is 0 Å². The van der Waals surface area contributed by atoms with Gasteiger partial charge in [-0.25, -0.2) is 0 Å². The first kappa shape index (κ1) is 16.0. The summed E-state index contributed by atoms with van der Waals surface area (Å²) in [5.74, 6) is -0.131. The van der Waals surface area contributed by atoms with Crippen molar-refractivity contribution in [2.45, 2.75) is 6.42 Å². The third-order valence-electron chi connectivity index (χ3n) is 2.74. The molecule has 0 bridgehead atoms. The molecular weight excluding hydrogens is 331 g/mol. The van der Waals surface area contributed by atoms with E-state index < -0.39 is 0 Å². The van der Waals surface area contributed by atoms with Gasteiger partial charge >= 0.3 is 0 Å². The van der Waals surface area contributed by atoms with Crippen molar-refractivity contribution in [1.29, 1.82) is 0 Å². The molecule has 0 radical (unpaired) electrons. The van der Waals surface area contributed by atoms with Gasteiger partial charge in [-0.2, -0.15) is 0 Å².